The molecule has 1 rings (SSSR count). The van der Waals surface area contributed by atoms with E-state index in [2.05, 4.69) is 0 Å². The molecule has 0 aromatic carbocycles. The third-order valence-corrected chi connectivity index (χ3v) is 2.84. The van der Waals surface area contributed by atoms with Gasteiger partial charge in [0.05, 0.1) is 5.60 Å². The lowest BCUT2D eigenvalue weighted by Crippen LogP contribution is -2.40. The number of aliphatic hydroxyl groups is 1. The van der Waals surface area contributed by atoms with Crippen molar-refractivity contribution in [1.82, 2.24) is 4.90 Å². The molecule has 4 nitrogen and oxygen atoms in total. The first kappa shape index (κ1) is 11.5. The fraction of sp³-hybridized carbons (Fsp3) is 0.900. The number of carbonyl (C=O) groups excluding carboxylic acids is 1. The quantitative estimate of drug-likeness (QED) is 0.661. The SMILES string of the molecule is CN(CCC(N)=O)CC1(O)CCCC1. The molecule has 82 valence electrons. The van der Waals surface area contributed by atoms with E-state index in [-0.39, 0.29) is 5.91 Å². The van der Waals surface area contributed by atoms with Gasteiger partial charge in [0.15, 0.2) is 0 Å². The van der Waals surface area contributed by atoms with E-state index in [0.717, 1.165) is 25.7 Å². The average Bonchev–Trinajstić information content (AvgIpc) is 2.48. The minimum Gasteiger partial charge on any atom is -0.389 e. The van der Waals surface area contributed by atoms with Crippen molar-refractivity contribution in [3.8, 4) is 0 Å². The molecule has 1 aliphatic rings. The van der Waals surface area contributed by atoms with Crippen LogP contribution in [0.25, 0.3) is 0 Å². The fourth-order valence-corrected chi connectivity index (χ4v) is 2.07. The lowest BCUT2D eigenvalue weighted by atomic mass is 10.0. The zero-order valence-electron chi connectivity index (χ0n) is 8.83. The van der Waals surface area contributed by atoms with Gasteiger partial charge in [-0.05, 0) is 19.9 Å². The monoisotopic (exact) mass is 200 g/mol. The Labute approximate surface area is 85.1 Å². The summed E-state index contributed by atoms with van der Waals surface area (Å²) in [5, 5.41) is 10.1. The second kappa shape index (κ2) is 4.75. The van der Waals surface area contributed by atoms with Gasteiger partial charge in [-0.15, -0.1) is 0 Å². The number of nitrogens with two attached hydrogens (primary N) is 1. The highest BCUT2D eigenvalue weighted by atomic mass is 16.3. The Morgan fingerprint density at radius 2 is 2.07 bits per heavy atom. The first-order valence-electron chi connectivity index (χ1n) is 5.21. The molecule has 0 unspecified atom stereocenters. The van der Waals surface area contributed by atoms with E-state index in [1.807, 2.05) is 11.9 Å². The molecule has 1 aliphatic carbocycles. The maximum atomic E-state index is 10.6. The Kier molecular flexibility index (Phi) is 3.89. The first-order chi connectivity index (χ1) is 6.52. The minimum atomic E-state index is -0.521. The molecule has 0 bridgehead atoms. The molecule has 4 heteroatoms. The standard InChI is InChI=1S/C10H20N2O2/c1-12(7-4-9(11)13)8-10(14)5-2-3-6-10/h14H,2-8H2,1H3,(H2,11,13). The Balaban J connectivity index is 2.25. The zero-order chi connectivity index (χ0) is 10.6. The van der Waals surface area contributed by atoms with Gasteiger partial charge in [-0.3, -0.25) is 4.79 Å². The van der Waals surface area contributed by atoms with E-state index in [0.29, 0.717) is 19.5 Å². The van der Waals surface area contributed by atoms with Crippen LogP contribution in [0.1, 0.15) is 32.1 Å². The smallest absolute Gasteiger partial charge is 0.218 e. The van der Waals surface area contributed by atoms with Crippen LogP contribution in [-0.2, 0) is 4.79 Å². The van der Waals surface area contributed by atoms with Crippen molar-refractivity contribution in [2.45, 2.75) is 37.7 Å². The predicted octanol–water partition coefficient (Wildman–Crippen LogP) is 0.0987. The van der Waals surface area contributed by atoms with E-state index in [1.54, 1.807) is 0 Å². The molecule has 0 aromatic rings. The Hall–Kier alpha value is -0.610. The highest BCUT2D eigenvalue weighted by Crippen LogP contribution is 2.29. The summed E-state index contributed by atoms with van der Waals surface area (Å²) in [7, 11) is 1.92. The van der Waals surface area contributed by atoms with Crippen LogP contribution < -0.4 is 5.73 Å². The second-order valence-electron chi connectivity index (χ2n) is 4.39. The van der Waals surface area contributed by atoms with E-state index >= 15 is 0 Å². The Morgan fingerprint density at radius 3 is 2.57 bits per heavy atom. The second-order valence-corrected chi connectivity index (χ2v) is 4.39. The van der Waals surface area contributed by atoms with Crippen LogP contribution >= 0.6 is 0 Å². The fourth-order valence-electron chi connectivity index (χ4n) is 2.07. The molecular formula is C10H20N2O2. The molecular weight excluding hydrogens is 180 g/mol. The maximum absolute atomic E-state index is 10.6. The van der Waals surface area contributed by atoms with Gasteiger partial charge in [0.25, 0.3) is 0 Å². The van der Waals surface area contributed by atoms with Crippen molar-refractivity contribution in [2.24, 2.45) is 5.73 Å². The zero-order valence-corrected chi connectivity index (χ0v) is 8.83. The summed E-state index contributed by atoms with van der Waals surface area (Å²) in [6.45, 7) is 1.29. The van der Waals surface area contributed by atoms with Gasteiger partial charge < -0.3 is 15.7 Å². The normalized spacial score (nSPS) is 20.2. The molecule has 1 saturated carbocycles. The molecule has 1 amide bonds. The predicted molar refractivity (Wildman–Crippen MR) is 54.7 cm³/mol. The Morgan fingerprint density at radius 1 is 1.50 bits per heavy atom. The molecule has 0 aromatic heterocycles. The molecule has 1 fully saturated rings. The maximum Gasteiger partial charge on any atom is 0.218 e. The number of amides is 1. The molecule has 0 atom stereocenters. The van der Waals surface area contributed by atoms with Crippen LogP contribution in [0.3, 0.4) is 0 Å². The van der Waals surface area contributed by atoms with Gasteiger partial charge in [-0.2, -0.15) is 0 Å². The molecule has 14 heavy (non-hydrogen) atoms. The highest BCUT2D eigenvalue weighted by Gasteiger charge is 2.31. The highest BCUT2D eigenvalue weighted by molar-refractivity contribution is 5.73. The third-order valence-electron chi connectivity index (χ3n) is 2.84. The van der Waals surface area contributed by atoms with Crippen LogP contribution in [0, 0.1) is 0 Å². The van der Waals surface area contributed by atoms with Gasteiger partial charge in [0, 0.05) is 19.5 Å². The van der Waals surface area contributed by atoms with Gasteiger partial charge in [0.1, 0.15) is 0 Å². The first-order valence-corrected chi connectivity index (χ1v) is 5.21. The number of hydrogen-bond donors (Lipinski definition) is 2. The summed E-state index contributed by atoms with van der Waals surface area (Å²) in [5.41, 5.74) is 4.53. The number of rotatable bonds is 5. The van der Waals surface area contributed by atoms with E-state index < -0.39 is 5.60 Å². The van der Waals surface area contributed by atoms with Gasteiger partial charge in [0.2, 0.25) is 5.91 Å². The number of primary amides is 1. The minimum absolute atomic E-state index is 0.282. The van der Waals surface area contributed by atoms with Gasteiger partial charge in [-0.25, -0.2) is 0 Å². The summed E-state index contributed by atoms with van der Waals surface area (Å²) < 4.78 is 0. The third kappa shape index (κ3) is 3.64. The lowest BCUT2D eigenvalue weighted by molar-refractivity contribution is -0.118. The van der Waals surface area contributed by atoms with Crippen LogP contribution in [-0.4, -0.2) is 41.7 Å². The molecule has 0 saturated heterocycles. The molecule has 0 spiro atoms. The van der Waals surface area contributed by atoms with Crippen molar-refractivity contribution >= 4 is 5.91 Å². The summed E-state index contributed by atoms with van der Waals surface area (Å²) >= 11 is 0. The van der Waals surface area contributed by atoms with Crippen LogP contribution in [0.2, 0.25) is 0 Å². The van der Waals surface area contributed by atoms with Crippen molar-refractivity contribution in [3.05, 3.63) is 0 Å². The lowest BCUT2D eigenvalue weighted by Gasteiger charge is -2.28. The number of nitrogens with zero attached hydrogens (tertiary/aromatic N) is 1. The van der Waals surface area contributed by atoms with Crippen molar-refractivity contribution in [3.63, 3.8) is 0 Å². The number of hydrogen-bond acceptors (Lipinski definition) is 3. The average molecular weight is 200 g/mol. The Bertz CT molecular complexity index is 200. The van der Waals surface area contributed by atoms with Gasteiger partial charge >= 0.3 is 0 Å². The summed E-state index contributed by atoms with van der Waals surface area (Å²) in [6, 6.07) is 0. The van der Waals surface area contributed by atoms with E-state index in [1.165, 1.54) is 0 Å². The van der Waals surface area contributed by atoms with Gasteiger partial charge in [-0.1, -0.05) is 12.8 Å². The number of carbonyl (C=O) groups is 1. The molecule has 0 radical (unpaired) electrons. The van der Waals surface area contributed by atoms with Crippen molar-refractivity contribution in [1.29, 1.82) is 0 Å². The topological polar surface area (TPSA) is 66.6 Å². The number of likely N-dealkylation sites (N-methyl/N-ethyl adjacent to an activating group) is 1. The summed E-state index contributed by atoms with van der Waals surface area (Å²) in [6.07, 6.45) is 4.36. The largest absolute Gasteiger partial charge is 0.389 e. The molecule has 0 aliphatic heterocycles. The van der Waals surface area contributed by atoms with Crippen LogP contribution in [0.4, 0.5) is 0 Å². The molecule has 3 N–H and O–H groups in total. The van der Waals surface area contributed by atoms with E-state index in [4.69, 9.17) is 5.73 Å². The van der Waals surface area contributed by atoms with Crippen molar-refractivity contribution < 1.29 is 9.90 Å². The van der Waals surface area contributed by atoms with E-state index in [9.17, 15) is 9.90 Å². The van der Waals surface area contributed by atoms with Crippen LogP contribution in [0.5, 0.6) is 0 Å². The van der Waals surface area contributed by atoms with Crippen molar-refractivity contribution in [2.75, 3.05) is 20.1 Å². The summed E-state index contributed by atoms with van der Waals surface area (Å²) in [4.78, 5) is 12.5. The molecule has 0 heterocycles. The van der Waals surface area contributed by atoms with Crippen LogP contribution in [0.15, 0.2) is 0 Å². The summed E-state index contributed by atoms with van der Waals surface area (Å²) in [5.74, 6) is -0.282.